The lowest BCUT2D eigenvalue weighted by Crippen LogP contribution is -2.13. The Morgan fingerprint density at radius 2 is 1.81 bits per heavy atom. The number of carbonyl (C=O) groups is 1. The van der Waals surface area contributed by atoms with Crippen molar-refractivity contribution in [3.8, 4) is 0 Å². The Bertz CT molecular complexity index is 1050. The van der Waals surface area contributed by atoms with Crippen LogP contribution in [0, 0.1) is 0 Å². The predicted octanol–water partition coefficient (Wildman–Crippen LogP) is 4.11. The minimum absolute atomic E-state index is 0.0912. The summed E-state index contributed by atoms with van der Waals surface area (Å²) in [6.45, 7) is -0.0912. The first kappa shape index (κ1) is 19.7. The van der Waals surface area contributed by atoms with Gasteiger partial charge in [0, 0.05) is 21.7 Å². The summed E-state index contributed by atoms with van der Waals surface area (Å²) in [6.07, 6.45) is 0. The van der Waals surface area contributed by atoms with Crippen LogP contribution in [0.25, 0.3) is 0 Å². The first-order valence-electron chi connectivity index (χ1n) is 7.37. The number of ether oxygens (including phenoxy) is 1. The van der Waals surface area contributed by atoms with Gasteiger partial charge in [-0.25, -0.2) is 13.2 Å². The highest BCUT2D eigenvalue weighted by Crippen LogP contribution is 2.20. The molecule has 7 nitrogen and oxygen atoms in total. The molecule has 0 aliphatic heterocycles. The lowest BCUT2D eigenvalue weighted by Gasteiger charge is -2.09. The van der Waals surface area contributed by atoms with E-state index in [2.05, 4.69) is 30.2 Å². The van der Waals surface area contributed by atoms with Crippen molar-refractivity contribution in [2.75, 3.05) is 4.72 Å². The Hall–Kier alpha value is -2.01. The van der Waals surface area contributed by atoms with Gasteiger partial charge in [0.25, 0.3) is 10.0 Å². The van der Waals surface area contributed by atoms with Crippen LogP contribution < -0.4 is 4.72 Å². The predicted molar refractivity (Wildman–Crippen MR) is 105 cm³/mol. The zero-order valence-electron chi connectivity index (χ0n) is 13.4. The van der Waals surface area contributed by atoms with Crippen molar-refractivity contribution in [1.82, 2.24) is 9.59 Å². The van der Waals surface area contributed by atoms with E-state index in [9.17, 15) is 13.2 Å². The standard InChI is InChI=1S/C16H11BrClN3O4S2/c17-11-3-7-13(8-4-11)27(23,24)20-12-5-1-10(2-6-12)16(22)25-9-14-15(18)26-21-19-14/h1-8,20H,9H2. The number of nitrogens with one attached hydrogen (secondary N) is 1. The largest absolute Gasteiger partial charge is 0.455 e. The van der Waals surface area contributed by atoms with E-state index in [1.165, 1.54) is 36.4 Å². The topological polar surface area (TPSA) is 98.2 Å². The summed E-state index contributed by atoms with van der Waals surface area (Å²) in [5, 5.41) is 3.75. The summed E-state index contributed by atoms with van der Waals surface area (Å²) in [7, 11) is -3.72. The Kier molecular flexibility index (Phi) is 6.10. The summed E-state index contributed by atoms with van der Waals surface area (Å²) in [4.78, 5) is 12.2. The molecule has 0 amide bonds. The second-order valence-electron chi connectivity index (χ2n) is 5.21. The van der Waals surface area contributed by atoms with E-state index in [-0.39, 0.29) is 17.1 Å². The summed E-state index contributed by atoms with van der Waals surface area (Å²) >= 11 is 10.1. The highest BCUT2D eigenvalue weighted by atomic mass is 79.9. The van der Waals surface area contributed by atoms with Gasteiger partial charge in [-0.1, -0.05) is 32.0 Å². The van der Waals surface area contributed by atoms with Gasteiger partial charge in [0.15, 0.2) is 0 Å². The quantitative estimate of drug-likeness (QED) is 0.524. The van der Waals surface area contributed by atoms with E-state index < -0.39 is 16.0 Å². The van der Waals surface area contributed by atoms with Crippen molar-refractivity contribution in [3.63, 3.8) is 0 Å². The van der Waals surface area contributed by atoms with Crippen LogP contribution in [-0.4, -0.2) is 24.0 Å². The van der Waals surface area contributed by atoms with Crippen LogP contribution in [0.1, 0.15) is 16.1 Å². The summed E-state index contributed by atoms with van der Waals surface area (Å²) in [5.74, 6) is -0.582. The Morgan fingerprint density at radius 1 is 1.15 bits per heavy atom. The third-order valence-electron chi connectivity index (χ3n) is 3.35. The van der Waals surface area contributed by atoms with E-state index in [0.29, 0.717) is 15.7 Å². The van der Waals surface area contributed by atoms with Gasteiger partial charge >= 0.3 is 5.97 Å². The fourth-order valence-electron chi connectivity index (χ4n) is 2.00. The summed E-state index contributed by atoms with van der Waals surface area (Å²) in [6, 6.07) is 12.1. The SMILES string of the molecule is O=C(OCc1nnsc1Cl)c1ccc(NS(=O)(=O)c2ccc(Br)cc2)cc1. The molecule has 0 aliphatic carbocycles. The Labute approximate surface area is 172 Å². The molecule has 1 aromatic heterocycles. The van der Waals surface area contributed by atoms with Crippen LogP contribution in [0.2, 0.25) is 4.34 Å². The normalized spacial score (nSPS) is 11.2. The number of hydrogen-bond donors (Lipinski definition) is 1. The molecule has 1 heterocycles. The molecule has 1 N–H and O–H groups in total. The van der Waals surface area contributed by atoms with Crippen molar-refractivity contribution in [2.45, 2.75) is 11.5 Å². The van der Waals surface area contributed by atoms with Gasteiger partial charge in [-0.15, -0.1) is 5.10 Å². The Balaban J connectivity index is 1.65. The molecule has 27 heavy (non-hydrogen) atoms. The van der Waals surface area contributed by atoms with Gasteiger partial charge in [-0.05, 0) is 48.5 Å². The van der Waals surface area contributed by atoms with Crippen LogP contribution >= 0.6 is 39.1 Å². The first-order chi connectivity index (χ1) is 12.8. The van der Waals surface area contributed by atoms with E-state index in [1.54, 1.807) is 12.1 Å². The molecule has 2 aromatic carbocycles. The van der Waals surface area contributed by atoms with Crippen LogP contribution in [0.5, 0.6) is 0 Å². The molecule has 0 fully saturated rings. The highest BCUT2D eigenvalue weighted by Gasteiger charge is 2.15. The maximum atomic E-state index is 12.4. The summed E-state index contributed by atoms with van der Waals surface area (Å²) in [5.41, 5.74) is 0.969. The lowest BCUT2D eigenvalue weighted by molar-refractivity contribution is 0.0468. The number of anilines is 1. The maximum Gasteiger partial charge on any atom is 0.338 e. The molecule has 140 valence electrons. The molecule has 0 atom stereocenters. The number of aromatic nitrogens is 2. The first-order valence-corrected chi connectivity index (χ1v) is 10.8. The smallest absolute Gasteiger partial charge is 0.338 e. The molecule has 3 rings (SSSR count). The van der Waals surface area contributed by atoms with Crippen molar-refractivity contribution in [2.24, 2.45) is 0 Å². The van der Waals surface area contributed by atoms with Crippen molar-refractivity contribution in [3.05, 3.63) is 68.6 Å². The van der Waals surface area contributed by atoms with Crippen molar-refractivity contribution in [1.29, 1.82) is 0 Å². The second kappa shape index (κ2) is 8.34. The van der Waals surface area contributed by atoms with Gasteiger partial charge in [0.2, 0.25) is 0 Å². The third kappa shape index (κ3) is 5.04. The van der Waals surface area contributed by atoms with Crippen molar-refractivity contribution < 1.29 is 17.9 Å². The third-order valence-corrected chi connectivity index (χ3v) is 6.26. The van der Waals surface area contributed by atoms with Crippen LogP contribution in [0.15, 0.2) is 57.9 Å². The molecule has 0 aliphatic rings. The number of sulfonamides is 1. The molecule has 0 radical (unpaired) electrons. The Morgan fingerprint density at radius 3 is 2.41 bits per heavy atom. The fourth-order valence-corrected chi connectivity index (χ4v) is 3.93. The molecule has 0 bridgehead atoms. The van der Waals surface area contributed by atoms with E-state index in [1.807, 2.05) is 0 Å². The number of carbonyl (C=O) groups excluding carboxylic acids is 1. The van der Waals surface area contributed by atoms with Crippen LogP contribution in [0.4, 0.5) is 5.69 Å². The number of hydrogen-bond acceptors (Lipinski definition) is 7. The lowest BCUT2D eigenvalue weighted by atomic mass is 10.2. The minimum Gasteiger partial charge on any atom is -0.455 e. The molecule has 0 spiro atoms. The average Bonchev–Trinajstić information content (AvgIpc) is 3.05. The van der Waals surface area contributed by atoms with E-state index >= 15 is 0 Å². The van der Waals surface area contributed by atoms with Crippen LogP contribution in [0.3, 0.4) is 0 Å². The molecule has 0 unspecified atom stereocenters. The second-order valence-corrected chi connectivity index (χ2v) is 9.16. The number of esters is 1. The molecule has 0 saturated heterocycles. The summed E-state index contributed by atoms with van der Waals surface area (Å²) < 4.78 is 37.1. The van der Waals surface area contributed by atoms with Gasteiger partial charge in [-0.3, -0.25) is 4.72 Å². The van der Waals surface area contributed by atoms with E-state index in [4.69, 9.17) is 16.3 Å². The fraction of sp³-hybridized carbons (Fsp3) is 0.0625. The molecular formula is C16H11BrClN3O4S2. The minimum atomic E-state index is -3.72. The number of benzene rings is 2. The van der Waals surface area contributed by atoms with Gasteiger partial charge in [0.1, 0.15) is 16.6 Å². The van der Waals surface area contributed by atoms with E-state index in [0.717, 1.165) is 16.0 Å². The maximum absolute atomic E-state index is 12.4. The van der Waals surface area contributed by atoms with Crippen molar-refractivity contribution >= 4 is 60.7 Å². The monoisotopic (exact) mass is 487 g/mol. The zero-order valence-corrected chi connectivity index (χ0v) is 17.4. The number of halogens is 2. The average molecular weight is 489 g/mol. The zero-order chi connectivity index (χ0) is 19.4. The van der Waals surface area contributed by atoms with Gasteiger partial charge in [0.05, 0.1) is 10.5 Å². The molecular weight excluding hydrogens is 478 g/mol. The molecule has 3 aromatic rings. The van der Waals surface area contributed by atoms with Gasteiger partial charge in [-0.2, -0.15) is 0 Å². The number of nitrogens with zero attached hydrogens (tertiary/aromatic N) is 2. The molecule has 0 saturated carbocycles. The van der Waals surface area contributed by atoms with Crippen LogP contribution in [-0.2, 0) is 21.4 Å². The highest BCUT2D eigenvalue weighted by molar-refractivity contribution is 9.10. The number of rotatable bonds is 6. The van der Waals surface area contributed by atoms with Gasteiger partial charge < -0.3 is 4.74 Å². The molecule has 11 heteroatoms.